The number of nitrogens with zero attached hydrogens (tertiary/aromatic N) is 3. The van der Waals surface area contributed by atoms with Crippen molar-refractivity contribution in [1.29, 1.82) is 0 Å². The molecular weight excluding hydrogens is 346 g/mol. The highest BCUT2D eigenvalue weighted by Gasteiger charge is 2.16. The minimum absolute atomic E-state index is 0.168. The molecule has 1 aromatic carbocycles. The SMILES string of the molecule is CN(Cc1cnn(-c2ccccc2)c1)C(=O)c1ccc(Br)o1. The van der Waals surface area contributed by atoms with E-state index < -0.39 is 0 Å². The van der Waals surface area contributed by atoms with Gasteiger partial charge in [0.25, 0.3) is 5.91 Å². The summed E-state index contributed by atoms with van der Waals surface area (Å²) in [5.74, 6) is 0.142. The fraction of sp³-hybridized carbons (Fsp3) is 0.125. The molecule has 0 atom stereocenters. The van der Waals surface area contributed by atoms with Gasteiger partial charge in [-0.05, 0) is 40.2 Å². The van der Waals surface area contributed by atoms with Crippen molar-refractivity contribution in [3.05, 3.63) is 70.9 Å². The molecule has 0 fully saturated rings. The topological polar surface area (TPSA) is 51.3 Å². The van der Waals surface area contributed by atoms with Crippen LogP contribution in [0.25, 0.3) is 5.69 Å². The number of carbonyl (C=O) groups excluding carboxylic acids is 1. The number of halogens is 1. The van der Waals surface area contributed by atoms with Crippen molar-refractivity contribution in [2.45, 2.75) is 6.54 Å². The molecule has 2 aromatic heterocycles. The van der Waals surface area contributed by atoms with E-state index in [1.54, 1.807) is 35.0 Å². The van der Waals surface area contributed by atoms with Gasteiger partial charge in [0.2, 0.25) is 0 Å². The van der Waals surface area contributed by atoms with Crippen LogP contribution in [0.2, 0.25) is 0 Å². The standard InChI is InChI=1S/C16H14BrN3O2/c1-19(16(21)14-7-8-15(17)22-14)10-12-9-18-20(11-12)13-5-3-2-4-6-13/h2-9,11H,10H2,1H3. The molecule has 5 nitrogen and oxygen atoms in total. The van der Waals surface area contributed by atoms with E-state index >= 15 is 0 Å². The molecule has 0 saturated carbocycles. The van der Waals surface area contributed by atoms with Crippen LogP contribution in [0, 0.1) is 0 Å². The molecule has 0 aliphatic carbocycles. The van der Waals surface area contributed by atoms with Gasteiger partial charge in [-0.15, -0.1) is 0 Å². The van der Waals surface area contributed by atoms with Gasteiger partial charge >= 0.3 is 0 Å². The summed E-state index contributed by atoms with van der Waals surface area (Å²) in [5, 5.41) is 4.32. The van der Waals surface area contributed by atoms with Gasteiger partial charge in [-0.25, -0.2) is 4.68 Å². The summed E-state index contributed by atoms with van der Waals surface area (Å²) in [5.41, 5.74) is 1.93. The Labute approximate surface area is 136 Å². The van der Waals surface area contributed by atoms with E-state index in [1.165, 1.54) is 0 Å². The van der Waals surface area contributed by atoms with Crippen LogP contribution in [0.3, 0.4) is 0 Å². The molecule has 2 heterocycles. The Morgan fingerprint density at radius 2 is 2.05 bits per heavy atom. The van der Waals surface area contributed by atoms with Crippen LogP contribution in [0.4, 0.5) is 0 Å². The van der Waals surface area contributed by atoms with Gasteiger partial charge in [0.05, 0.1) is 11.9 Å². The molecule has 0 saturated heterocycles. The number of benzene rings is 1. The van der Waals surface area contributed by atoms with Gasteiger partial charge in [0.15, 0.2) is 10.4 Å². The zero-order chi connectivity index (χ0) is 15.5. The van der Waals surface area contributed by atoms with E-state index in [-0.39, 0.29) is 5.91 Å². The molecule has 3 aromatic rings. The molecule has 0 radical (unpaired) electrons. The number of hydrogen-bond acceptors (Lipinski definition) is 3. The van der Waals surface area contributed by atoms with Crippen molar-refractivity contribution < 1.29 is 9.21 Å². The lowest BCUT2D eigenvalue weighted by Gasteiger charge is -2.14. The summed E-state index contributed by atoms with van der Waals surface area (Å²) >= 11 is 3.19. The lowest BCUT2D eigenvalue weighted by atomic mass is 10.3. The molecule has 0 N–H and O–H groups in total. The lowest BCUT2D eigenvalue weighted by molar-refractivity contribution is 0.0752. The summed E-state index contributed by atoms with van der Waals surface area (Å²) in [6.07, 6.45) is 3.67. The minimum Gasteiger partial charge on any atom is -0.444 e. The number of carbonyl (C=O) groups is 1. The molecule has 0 unspecified atom stereocenters. The van der Waals surface area contributed by atoms with Gasteiger partial charge in [-0.1, -0.05) is 18.2 Å². The third-order valence-corrected chi connectivity index (χ3v) is 3.63. The van der Waals surface area contributed by atoms with Gasteiger partial charge in [-0.3, -0.25) is 4.79 Å². The monoisotopic (exact) mass is 359 g/mol. The number of para-hydroxylation sites is 1. The van der Waals surface area contributed by atoms with E-state index in [0.29, 0.717) is 17.0 Å². The van der Waals surface area contributed by atoms with E-state index in [1.807, 2.05) is 36.5 Å². The van der Waals surface area contributed by atoms with E-state index in [9.17, 15) is 4.79 Å². The molecule has 112 valence electrons. The van der Waals surface area contributed by atoms with Crippen LogP contribution >= 0.6 is 15.9 Å². The van der Waals surface area contributed by atoms with Crippen molar-refractivity contribution in [1.82, 2.24) is 14.7 Å². The van der Waals surface area contributed by atoms with Gasteiger partial charge in [0.1, 0.15) is 0 Å². The molecule has 0 aliphatic rings. The molecule has 0 aliphatic heterocycles. The highest BCUT2D eigenvalue weighted by Crippen LogP contribution is 2.16. The van der Waals surface area contributed by atoms with Crippen molar-refractivity contribution in [3.8, 4) is 5.69 Å². The Morgan fingerprint density at radius 3 is 2.73 bits per heavy atom. The summed E-state index contributed by atoms with van der Waals surface area (Å²) in [4.78, 5) is 13.8. The van der Waals surface area contributed by atoms with Crippen molar-refractivity contribution in [2.24, 2.45) is 0 Å². The molecule has 6 heteroatoms. The first-order valence-electron chi connectivity index (χ1n) is 6.73. The van der Waals surface area contributed by atoms with Gasteiger partial charge in [-0.2, -0.15) is 5.10 Å². The second-order valence-corrected chi connectivity index (χ2v) is 5.68. The Balaban J connectivity index is 1.71. The highest BCUT2D eigenvalue weighted by molar-refractivity contribution is 9.10. The number of rotatable bonds is 4. The summed E-state index contributed by atoms with van der Waals surface area (Å²) in [6, 6.07) is 13.2. The number of hydrogen-bond donors (Lipinski definition) is 0. The molecule has 3 rings (SSSR count). The maximum Gasteiger partial charge on any atom is 0.289 e. The van der Waals surface area contributed by atoms with Crippen LogP contribution < -0.4 is 0 Å². The Kier molecular flexibility index (Phi) is 4.11. The molecule has 0 bridgehead atoms. The summed E-state index contributed by atoms with van der Waals surface area (Å²) in [6.45, 7) is 0.462. The Bertz CT molecular complexity index is 780. The average Bonchev–Trinajstić information content (AvgIpc) is 3.16. The van der Waals surface area contributed by atoms with Crippen molar-refractivity contribution in [2.75, 3.05) is 7.05 Å². The van der Waals surface area contributed by atoms with E-state index in [0.717, 1.165) is 11.3 Å². The predicted molar refractivity (Wildman–Crippen MR) is 85.8 cm³/mol. The second-order valence-electron chi connectivity index (χ2n) is 4.89. The number of amides is 1. The summed E-state index contributed by atoms with van der Waals surface area (Å²) < 4.78 is 7.61. The van der Waals surface area contributed by atoms with E-state index in [2.05, 4.69) is 21.0 Å². The maximum absolute atomic E-state index is 12.2. The van der Waals surface area contributed by atoms with Crippen LogP contribution in [0.1, 0.15) is 16.1 Å². The highest BCUT2D eigenvalue weighted by atomic mass is 79.9. The first-order chi connectivity index (χ1) is 10.6. The van der Waals surface area contributed by atoms with Gasteiger partial charge in [0, 0.05) is 25.4 Å². The van der Waals surface area contributed by atoms with Crippen LogP contribution in [0.5, 0.6) is 0 Å². The van der Waals surface area contributed by atoms with Gasteiger partial charge < -0.3 is 9.32 Å². The smallest absolute Gasteiger partial charge is 0.289 e. The summed E-state index contributed by atoms with van der Waals surface area (Å²) in [7, 11) is 1.73. The zero-order valence-electron chi connectivity index (χ0n) is 11.9. The number of furan rings is 1. The van der Waals surface area contributed by atoms with Crippen LogP contribution in [-0.4, -0.2) is 27.6 Å². The lowest BCUT2D eigenvalue weighted by Crippen LogP contribution is -2.25. The van der Waals surface area contributed by atoms with Crippen molar-refractivity contribution >= 4 is 21.8 Å². The second kappa shape index (κ2) is 6.19. The van der Waals surface area contributed by atoms with Crippen molar-refractivity contribution in [3.63, 3.8) is 0 Å². The third-order valence-electron chi connectivity index (χ3n) is 3.21. The average molecular weight is 360 g/mol. The largest absolute Gasteiger partial charge is 0.444 e. The minimum atomic E-state index is -0.168. The maximum atomic E-state index is 12.2. The molecule has 0 spiro atoms. The number of aromatic nitrogens is 2. The third kappa shape index (κ3) is 3.12. The van der Waals surface area contributed by atoms with Crippen LogP contribution in [-0.2, 0) is 6.54 Å². The fourth-order valence-electron chi connectivity index (χ4n) is 2.13. The normalized spacial score (nSPS) is 10.6. The Hall–Kier alpha value is -2.34. The predicted octanol–water partition coefficient (Wildman–Crippen LogP) is 3.50. The zero-order valence-corrected chi connectivity index (χ0v) is 13.5. The molecule has 1 amide bonds. The Morgan fingerprint density at radius 1 is 1.27 bits per heavy atom. The molecule has 22 heavy (non-hydrogen) atoms. The molecular formula is C16H14BrN3O2. The quantitative estimate of drug-likeness (QED) is 0.716. The van der Waals surface area contributed by atoms with E-state index in [4.69, 9.17) is 4.42 Å². The first-order valence-corrected chi connectivity index (χ1v) is 7.52. The van der Waals surface area contributed by atoms with Crippen LogP contribution in [0.15, 0.2) is 63.9 Å². The first kappa shape index (κ1) is 14.6. The fourth-order valence-corrected chi connectivity index (χ4v) is 2.43.